The number of aromatic nitrogens is 1. The summed E-state index contributed by atoms with van der Waals surface area (Å²) >= 11 is 0. The number of aromatic hydroxyl groups is 1. The van der Waals surface area contributed by atoms with Crippen molar-refractivity contribution in [2.24, 2.45) is 0 Å². The number of nitrogens with zero attached hydrogens (tertiary/aromatic N) is 1. The highest BCUT2D eigenvalue weighted by molar-refractivity contribution is 6.07. The maximum Gasteiger partial charge on any atom is 0.242 e. The Morgan fingerprint density at radius 3 is 2.51 bits per heavy atom. The molecule has 1 unspecified atom stereocenters. The molecular formula is C31H30FN3O6. The van der Waals surface area contributed by atoms with Crippen molar-refractivity contribution in [1.82, 2.24) is 15.6 Å². The van der Waals surface area contributed by atoms with E-state index in [0.717, 1.165) is 22.3 Å². The Labute approximate surface area is 236 Å². The van der Waals surface area contributed by atoms with Crippen molar-refractivity contribution in [2.75, 3.05) is 14.2 Å². The number of carbonyl (C=O) groups excluding carboxylic acids is 1. The topological polar surface area (TPSA) is 119 Å². The lowest BCUT2D eigenvalue weighted by atomic mass is 9.97. The van der Waals surface area contributed by atoms with Crippen LogP contribution < -0.4 is 20.1 Å². The lowest BCUT2D eigenvalue weighted by Gasteiger charge is -2.21. The first-order valence-corrected chi connectivity index (χ1v) is 13.0. The maximum absolute atomic E-state index is 14.6. The monoisotopic (exact) mass is 559 g/mol. The predicted octanol–water partition coefficient (Wildman–Crippen LogP) is 5.02. The Bertz CT molecular complexity index is 1570. The van der Waals surface area contributed by atoms with Gasteiger partial charge in [-0.25, -0.2) is 9.37 Å². The largest absolute Gasteiger partial charge is 0.502 e. The predicted molar refractivity (Wildman–Crippen MR) is 150 cm³/mol. The fourth-order valence-electron chi connectivity index (χ4n) is 4.99. The molecule has 1 aliphatic rings. The third-order valence-electron chi connectivity index (χ3n) is 6.96. The Morgan fingerprint density at radius 2 is 1.85 bits per heavy atom. The number of rotatable bonds is 11. The average molecular weight is 560 g/mol. The lowest BCUT2D eigenvalue weighted by Crippen LogP contribution is -2.44. The number of nitrogens with one attached hydrogen (secondary N) is 2. The second kappa shape index (κ2) is 12.1. The van der Waals surface area contributed by atoms with Gasteiger partial charge in [0, 0.05) is 0 Å². The SMILES string of the molecule is COc1cc(C/C=C2/C(C)=C(C(NCc3ncco3)C(=O)NCc3ccco3)c3cc(F)ccc32)cc(OC)c1O. The van der Waals surface area contributed by atoms with E-state index in [2.05, 4.69) is 15.6 Å². The number of phenols is 1. The van der Waals surface area contributed by atoms with Crippen molar-refractivity contribution in [1.29, 1.82) is 0 Å². The highest BCUT2D eigenvalue weighted by atomic mass is 19.1. The van der Waals surface area contributed by atoms with Crippen LogP contribution in [0.3, 0.4) is 0 Å². The van der Waals surface area contributed by atoms with Crippen molar-refractivity contribution >= 4 is 17.1 Å². The van der Waals surface area contributed by atoms with Crippen LogP contribution in [0.5, 0.6) is 17.2 Å². The summed E-state index contributed by atoms with van der Waals surface area (Å²) < 4.78 is 35.9. The molecule has 1 amide bonds. The summed E-state index contributed by atoms with van der Waals surface area (Å²) in [6, 6.07) is 10.7. The number of fused-ring (bicyclic) bond motifs is 1. The fraction of sp³-hybridized carbons (Fsp3) is 0.226. The molecule has 0 bridgehead atoms. The number of hydrogen-bond donors (Lipinski definition) is 3. The first-order chi connectivity index (χ1) is 19.9. The Kier molecular flexibility index (Phi) is 8.21. The van der Waals surface area contributed by atoms with E-state index < -0.39 is 11.9 Å². The van der Waals surface area contributed by atoms with E-state index in [-0.39, 0.29) is 24.7 Å². The quantitative estimate of drug-likeness (QED) is 0.235. The van der Waals surface area contributed by atoms with Crippen molar-refractivity contribution in [3.8, 4) is 17.2 Å². The molecule has 10 heteroatoms. The number of benzene rings is 2. The molecule has 0 spiro atoms. The van der Waals surface area contributed by atoms with E-state index in [1.165, 1.54) is 38.8 Å². The van der Waals surface area contributed by atoms with Crippen LogP contribution in [-0.2, 0) is 24.3 Å². The molecular weight excluding hydrogens is 529 g/mol. The van der Waals surface area contributed by atoms with Gasteiger partial charge in [-0.1, -0.05) is 12.1 Å². The van der Waals surface area contributed by atoms with Crippen LogP contribution in [0.4, 0.5) is 4.39 Å². The number of carbonyl (C=O) groups is 1. The summed E-state index contributed by atoms with van der Waals surface area (Å²) in [7, 11) is 2.94. The molecule has 0 fully saturated rings. The molecule has 9 nitrogen and oxygen atoms in total. The number of halogens is 1. The smallest absolute Gasteiger partial charge is 0.242 e. The van der Waals surface area contributed by atoms with Gasteiger partial charge in [0.2, 0.25) is 17.5 Å². The lowest BCUT2D eigenvalue weighted by molar-refractivity contribution is -0.122. The number of oxazole rings is 1. The Hall–Kier alpha value is -4.83. The summed E-state index contributed by atoms with van der Waals surface area (Å²) in [6.45, 7) is 2.29. The van der Waals surface area contributed by atoms with Gasteiger partial charge in [-0.05, 0) is 83.2 Å². The number of ether oxygens (including phenoxy) is 2. The van der Waals surface area contributed by atoms with E-state index in [1.807, 2.05) is 13.0 Å². The summed E-state index contributed by atoms with van der Waals surface area (Å²) in [4.78, 5) is 17.8. The number of phenolic OH excluding ortho intramolecular Hbond substituents is 1. The molecule has 0 saturated carbocycles. The van der Waals surface area contributed by atoms with Crippen LogP contribution in [0.2, 0.25) is 0 Å². The molecule has 0 radical (unpaired) electrons. The van der Waals surface area contributed by atoms with Gasteiger partial charge in [-0.3, -0.25) is 10.1 Å². The van der Waals surface area contributed by atoms with E-state index in [9.17, 15) is 14.3 Å². The van der Waals surface area contributed by atoms with Gasteiger partial charge in [-0.15, -0.1) is 0 Å². The highest BCUT2D eigenvalue weighted by Gasteiger charge is 2.33. The van der Waals surface area contributed by atoms with E-state index in [4.69, 9.17) is 18.3 Å². The maximum atomic E-state index is 14.6. The van der Waals surface area contributed by atoms with Crippen molar-refractivity contribution in [2.45, 2.75) is 32.5 Å². The number of methoxy groups -OCH3 is 2. The zero-order chi connectivity index (χ0) is 28.9. The first-order valence-electron chi connectivity index (χ1n) is 13.0. The zero-order valence-corrected chi connectivity index (χ0v) is 22.9. The number of furan rings is 1. The van der Waals surface area contributed by atoms with Crippen LogP contribution >= 0.6 is 0 Å². The van der Waals surface area contributed by atoms with E-state index >= 15 is 0 Å². The zero-order valence-electron chi connectivity index (χ0n) is 22.9. The molecule has 1 atom stereocenters. The normalized spacial score (nSPS) is 14.3. The summed E-state index contributed by atoms with van der Waals surface area (Å²) in [5, 5.41) is 16.5. The standard InChI is InChI=1S/C31H30FN3O6/c1-18-22(8-6-19-13-25(38-2)30(36)26(14-19)39-3)23-9-7-20(32)15-24(23)28(18)29(34-17-27-33-10-12-41-27)31(37)35-16-21-5-4-11-40-21/h4-5,7-15,29,34,36H,6,16-17H2,1-3H3,(H,35,37)/b22-8-. The Morgan fingerprint density at radius 1 is 1.07 bits per heavy atom. The van der Waals surface area contributed by atoms with Crippen LogP contribution in [0.15, 0.2) is 81.7 Å². The molecule has 0 saturated heterocycles. The van der Waals surface area contributed by atoms with E-state index in [1.54, 1.807) is 36.6 Å². The number of allylic oxidation sites excluding steroid dienone is 3. The van der Waals surface area contributed by atoms with E-state index in [0.29, 0.717) is 40.7 Å². The second-order valence-corrected chi connectivity index (χ2v) is 9.44. The summed E-state index contributed by atoms with van der Waals surface area (Å²) in [5.74, 6) is 0.806. The average Bonchev–Trinajstić information content (AvgIpc) is 3.74. The molecule has 0 aliphatic heterocycles. The Balaban J connectivity index is 1.52. The van der Waals surface area contributed by atoms with Crippen molar-refractivity contribution in [3.63, 3.8) is 0 Å². The van der Waals surface area contributed by atoms with Crippen molar-refractivity contribution < 1.29 is 32.6 Å². The molecule has 2 aromatic carbocycles. The molecule has 41 heavy (non-hydrogen) atoms. The van der Waals surface area contributed by atoms with Gasteiger partial charge in [-0.2, -0.15) is 0 Å². The molecule has 2 aromatic heterocycles. The fourth-order valence-corrected chi connectivity index (χ4v) is 4.99. The summed E-state index contributed by atoms with van der Waals surface area (Å²) in [6.07, 6.45) is 7.00. The van der Waals surface area contributed by atoms with Crippen LogP contribution in [-0.4, -0.2) is 36.3 Å². The molecule has 1 aliphatic carbocycles. The third kappa shape index (κ3) is 5.87. The van der Waals surface area contributed by atoms with Gasteiger partial charge in [0.15, 0.2) is 11.5 Å². The van der Waals surface area contributed by atoms with Gasteiger partial charge < -0.3 is 28.7 Å². The summed E-state index contributed by atoms with van der Waals surface area (Å²) in [5.41, 5.74) is 4.59. The van der Waals surface area contributed by atoms with Gasteiger partial charge >= 0.3 is 0 Å². The van der Waals surface area contributed by atoms with Crippen LogP contribution in [0.1, 0.15) is 35.3 Å². The van der Waals surface area contributed by atoms with Crippen molar-refractivity contribution in [3.05, 3.63) is 107 Å². The van der Waals surface area contributed by atoms with Gasteiger partial charge in [0.25, 0.3) is 0 Å². The minimum atomic E-state index is -0.850. The van der Waals surface area contributed by atoms with Crippen LogP contribution in [0, 0.1) is 5.82 Å². The molecule has 3 N–H and O–H groups in total. The number of amides is 1. The first kappa shape index (κ1) is 27.7. The second-order valence-electron chi connectivity index (χ2n) is 9.44. The third-order valence-corrected chi connectivity index (χ3v) is 6.96. The molecule has 2 heterocycles. The minimum Gasteiger partial charge on any atom is -0.502 e. The highest BCUT2D eigenvalue weighted by Crippen LogP contribution is 2.44. The van der Waals surface area contributed by atoms with Gasteiger partial charge in [0.05, 0.1) is 39.8 Å². The van der Waals surface area contributed by atoms with Gasteiger partial charge in [0.1, 0.15) is 23.9 Å². The van der Waals surface area contributed by atoms with Crippen LogP contribution in [0.25, 0.3) is 11.1 Å². The number of hydrogen-bond acceptors (Lipinski definition) is 8. The molecule has 4 aromatic rings. The molecule has 212 valence electrons. The molecule has 5 rings (SSSR count). The minimum absolute atomic E-state index is 0.0769.